The van der Waals surface area contributed by atoms with Crippen molar-refractivity contribution < 1.29 is 13.6 Å². The van der Waals surface area contributed by atoms with Gasteiger partial charge < -0.3 is 5.32 Å². The van der Waals surface area contributed by atoms with Crippen LogP contribution in [0, 0.1) is 0 Å². The fourth-order valence-corrected chi connectivity index (χ4v) is 4.88. The zero-order chi connectivity index (χ0) is 18.2. The first-order valence-corrected chi connectivity index (χ1v) is 9.56. The number of hydrogen-bond donors (Lipinski definition) is 1. The minimum Gasteiger partial charge on any atom is -0.345 e. The number of thiophene rings is 1. The number of rotatable bonds is 4. The van der Waals surface area contributed by atoms with Crippen LogP contribution in [0.2, 0.25) is 0 Å². The molecule has 0 spiro atoms. The summed E-state index contributed by atoms with van der Waals surface area (Å²) < 4.78 is 28.3. The lowest BCUT2D eigenvalue weighted by Gasteiger charge is -2.14. The average molecular weight is 443 g/mol. The molecule has 1 aromatic carbocycles. The first kappa shape index (κ1) is 18.4. The molecule has 0 saturated heterocycles. The van der Waals surface area contributed by atoms with Crippen LogP contribution in [0.5, 0.6) is 0 Å². The third-order valence-corrected chi connectivity index (χ3v) is 6.56. The third kappa shape index (κ3) is 3.89. The predicted octanol–water partition coefficient (Wildman–Crippen LogP) is 5.47. The number of amides is 1. The second kappa shape index (κ2) is 7.06. The molecule has 8 heteroatoms. The Hall–Kier alpha value is -1.43. The number of nitrogens with one attached hydrogen (secondary N) is 1. The van der Waals surface area contributed by atoms with E-state index in [9.17, 15) is 13.6 Å². The molecule has 3 aromatic rings. The maximum Gasteiger partial charge on any atom is 0.293 e. The zero-order valence-corrected chi connectivity index (χ0v) is 16.7. The van der Waals surface area contributed by atoms with Gasteiger partial charge in [-0.05, 0) is 52.7 Å². The summed E-state index contributed by atoms with van der Waals surface area (Å²) in [6.45, 7) is 1.86. The van der Waals surface area contributed by atoms with E-state index in [2.05, 4.69) is 26.2 Å². The molecule has 1 unspecified atom stereocenters. The number of carbonyl (C=O) groups is 1. The molecule has 0 saturated carbocycles. The minimum absolute atomic E-state index is 0.0752. The minimum atomic E-state index is -3.01. The van der Waals surface area contributed by atoms with Crippen LogP contribution < -0.4 is 5.32 Å². The van der Waals surface area contributed by atoms with Crippen molar-refractivity contribution in [1.82, 2.24) is 10.3 Å². The van der Waals surface area contributed by atoms with Crippen LogP contribution in [0.1, 0.15) is 33.8 Å². The van der Waals surface area contributed by atoms with Gasteiger partial charge in [-0.3, -0.25) is 9.78 Å². The molecule has 1 N–H and O–H groups in total. The Morgan fingerprint density at radius 3 is 2.80 bits per heavy atom. The summed E-state index contributed by atoms with van der Waals surface area (Å²) in [6, 6.07) is 8.42. The van der Waals surface area contributed by atoms with E-state index in [1.165, 1.54) is 0 Å². The van der Waals surface area contributed by atoms with Crippen molar-refractivity contribution in [2.75, 3.05) is 0 Å². The second-order valence-corrected chi connectivity index (χ2v) is 8.13. The Morgan fingerprint density at radius 1 is 1.40 bits per heavy atom. The van der Waals surface area contributed by atoms with Crippen LogP contribution >= 0.6 is 36.5 Å². The van der Waals surface area contributed by atoms with E-state index in [0.29, 0.717) is 20.1 Å². The van der Waals surface area contributed by atoms with Crippen molar-refractivity contribution in [3.63, 3.8) is 0 Å². The van der Waals surface area contributed by atoms with Gasteiger partial charge in [-0.1, -0.05) is 15.3 Å². The molecule has 1 amide bonds. The molecule has 0 fully saturated rings. The van der Waals surface area contributed by atoms with E-state index in [1.54, 1.807) is 45.9 Å². The Balaban J connectivity index is 1.88. The Kier molecular flexibility index (Phi) is 5.19. The predicted molar refractivity (Wildman–Crippen MR) is 103 cm³/mol. The molecule has 2 aromatic heterocycles. The van der Waals surface area contributed by atoms with Crippen molar-refractivity contribution in [2.24, 2.45) is 0 Å². The van der Waals surface area contributed by atoms with E-state index >= 15 is 0 Å². The third-order valence-electron chi connectivity index (χ3n) is 3.72. The molecule has 3 rings (SSSR count). The standard InChI is InChI=1S/C17H14BrF2N2OPS/c1-9(11-3-2-6-21-8-11)22-16(23)10-4-5-13-12(7-10)14(18)15(25-13)17(19,20)24/h2-9H,24H2,1H3,(H,22,23)/t9-/m1/s1. The number of fused-ring (bicyclic) bond motifs is 1. The maximum atomic E-state index is 13.6. The van der Waals surface area contributed by atoms with Crippen LogP contribution in [0.25, 0.3) is 10.1 Å². The summed E-state index contributed by atoms with van der Waals surface area (Å²) in [5.74, 6) is -0.268. The van der Waals surface area contributed by atoms with Gasteiger partial charge in [-0.25, -0.2) is 0 Å². The van der Waals surface area contributed by atoms with E-state index in [0.717, 1.165) is 16.9 Å². The number of hydrogen-bond acceptors (Lipinski definition) is 3. The fourth-order valence-electron chi connectivity index (χ4n) is 2.42. The summed E-state index contributed by atoms with van der Waals surface area (Å²) in [7, 11) is 1.54. The number of aromatic nitrogens is 1. The first-order chi connectivity index (χ1) is 11.8. The SMILES string of the molecule is C[C@@H](NC(=O)c1ccc2sc(C(F)(F)P)c(Br)c2c1)c1cccnc1. The lowest BCUT2D eigenvalue weighted by Crippen LogP contribution is -2.26. The number of benzene rings is 1. The van der Waals surface area contributed by atoms with Gasteiger partial charge in [-0.15, -0.1) is 11.3 Å². The Bertz CT molecular complexity index is 928. The van der Waals surface area contributed by atoms with Crippen LogP contribution in [0.3, 0.4) is 0 Å². The summed E-state index contributed by atoms with van der Waals surface area (Å²) in [6.07, 6.45) is 3.36. The average Bonchev–Trinajstić information content (AvgIpc) is 2.92. The molecule has 25 heavy (non-hydrogen) atoms. The van der Waals surface area contributed by atoms with Crippen LogP contribution in [-0.4, -0.2) is 10.9 Å². The molecular weight excluding hydrogens is 429 g/mol. The molecule has 0 bridgehead atoms. The maximum absolute atomic E-state index is 13.6. The number of carbonyl (C=O) groups excluding carboxylic acids is 1. The molecular formula is C17H14BrF2N2OPS. The number of pyridine rings is 1. The van der Waals surface area contributed by atoms with Gasteiger partial charge in [-0.2, -0.15) is 8.78 Å². The van der Waals surface area contributed by atoms with Crippen LogP contribution in [-0.2, 0) is 5.66 Å². The molecule has 130 valence electrons. The summed E-state index contributed by atoms with van der Waals surface area (Å²) in [5.41, 5.74) is -1.71. The molecule has 0 aliphatic rings. The Morgan fingerprint density at radius 2 is 2.16 bits per heavy atom. The van der Waals surface area contributed by atoms with Gasteiger partial charge in [0.1, 0.15) is 0 Å². The summed E-state index contributed by atoms with van der Waals surface area (Å²) >= 11 is 4.24. The number of nitrogens with zero attached hydrogens (tertiary/aromatic N) is 1. The zero-order valence-electron chi connectivity index (χ0n) is 13.1. The van der Waals surface area contributed by atoms with Crippen LogP contribution in [0.15, 0.2) is 47.2 Å². The fraction of sp³-hybridized carbons (Fsp3) is 0.176. The normalized spacial score (nSPS) is 13.0. The molecule has 0 aliphatic heterocycles. The second-order valence-electron chi connectivity index (χ2n) is 5.56. The van der Waals surface area contributed by atoms with Gasteiger partial charge in [0, 0.05) is 32.5 Å². The summed E-state index contributed by atoms with van der Waals surface area (Å²) in [4.78, 5) is 16.5. The number of halogens is 3. The van der Waals surface area contributed by atoms with Crippen molar-refractivity contribution in [2.45, 2.75) is 18.6 Å². The molecule has 3 nitrogen and oxygen atoms in total. The van der Waals surface area contributed by atoms with Gasteiger partial charge in [0.15, 0.2) is 0 Å². The highest BCUT2D eigenvalue weighted by molar-refractivity contribution is 9.10. The van der Waals surface area contributed by atoms with Crippen LogP contribution in [0.4, 0.5) is 8.78 Å². The van der Waals surface area contributed by atoms with E-state index in [4.69, 9.17) is 0 Å². The van der Waals surface area contributed by atoms with E-state index in [-0.39, 0.29) is 16.8 Å². The largest absolute Gasteiger partial charge is 0.345 e. The van der Waals surface area contributed by atoms with Gasteiger partial charge in [0.2, 0.25) is 0 Å². The smallest absolute Gasteiger partial charge is 0.293 e. The lowest BCUT2D eigenvalue weighted by molar-refractivity contribution is 0.0939. The monoisotopic (exact) mass is 442 g/mol. The van der Waals surface area contributed by atoms with E-state index < -0.39 is 5.66 Å². The highest BCUT2D eigenvalue weighted by atomic mass is 79.9. The van der Waals surface area contributed by atoms with Gasteiger partial charge in [0.05, 0.1) is 10.9 Å². The van der Waals surface area contributed by atoms with Gasteiger partial charge in [0.25, 0.3) is 11.6 Å². The highest BCUT2D eigenvalue weighted by Gasteiger charge is 2.31. The van der Waals surface area contributed by atoms with Crippen molar-refractivity contribution in [3.8, 4) is 0 Å². The first-order valence-electron chi connectivity index (χ1n) is 7.37. The Labute approximate surface area is 158 Å². The van der Waals surface area contributed by atoms with Crippen molar-refractivity contribution in [3.05, 3.63) is 63.2 Å². The highest BCUT2D eigenvalue weighted by Crippen LogP contribution is 2.47. The lowest BCUT2D eigenvalue weighted by atomic mass is 10.1. The van der Waals surface area contributed by atoms with Crippen molar-refractivity contribution >= 4 is 52.5 Å². The topological polar surface area (TPSA) is 42.0 Å². The number of alkyl halides is 2. The molecule has 0 radical (unpaired) electrons. The van der Waals surface area contributed by atoms with Crippen molar-refractivity contribution in [1.29, 1.82) is 0 Å². The quantitative estimate of drug-likeness (QED) is 0.544. The van der Waals surface area contributed by atoms with Gasteiger partial charge >= 0.3 is 0 Å². The summed E-state index contributed by atoms with van der Waals surface area (Å²) in [5, 5.41) is 3.49. The van der Waals surface area contributed by atoms with E-state index in [1.807, 2.05) is 13.0 Å². The molecule has 2 heterocycles. The molecule has 2 atom stereocenters. The molecule has 0 aliphatic carbocycles.